The van der Waals surface area contributed by atoms with Crippen LogP contribution in [0.2, 0.25) is 109 Å². The van der Waals surface area contributed by atoms with Gasteiger partial charge < -0.3 is 45.2 Å². The second-order valence-electron chi connectivity index (χ2n) is 37.5. The maximum absolute atomic E-state index is 15.4. The molecule has 0 amide bonds. The first-order chi connectivity index (χ1) is 45.5. The Labute approximate surface area is 617 Å². The molecule has 0 aromatic heterocycles. The summed E-state index contributed by atoms with van der Waals surface area (Å²) in [6.45, 7) is 80.2. The summed E-state index contributed by atoms with van der Waals surface area (Å²) in [5.74, 6) is 4.01. The normalized spacial score (nSPS) is 21.1. The van der Waals surface area contributed by atoms with Crippen molar-refractivity contribution in [2.45, 2.75) is 296 Å². The minimum absolute atomic E-state index is 0.00789. The molecule has 0 heterocycles. The third-order valence-electron chi connectivity index (χ3n) is 23.6. The molecule has 0 bridgehead atoms. The minimum atomic E-state index is -3.19. The van der Waals surface area contributed by atoms with Crippen molar-refractivity contribution in [1.82, 2.24) is 0 Å². The highest BCUT2D eigenvalue weighted by molar-refractivity contribution is 7.81. The van der Waals surface area contributed by atoms with Gasteiger partial charge in [0.15, 0.2) is 64.2 Å². The monoisotopic (exact) mass is 1510 g/mol. The van der Waals surface area contributed by atoms with Crippen LogP contribution >= 0.6 is 14.3 Å². The number of benzene rings is 4. The molecule has 0 unspecified atom stereocenters. The predicted octanol–water partition coefficient (Wildman–Crippen LogP) is 22.8. The van der Waals surface area contributed by atoms with Crippen molar-refractivity contribution in [2.75, 3.05) is 26.4 Å². The fourth-order valence-electron chi connectivity index (χ4n) is 10.6. The number of ether oxygens (including phenoxy) is 2. The first kappa shape index (κ1) is 87.9. The van der Waals surface area contributed by atoms with Gasteiger partial charge in [0.2, 0.25) is 0 Å². The first-order valence-electron chi connectivity index (χ1n) is 36.9. The Morgan fingerprint density at radius 3 is 0.790 bits per heavy atom. The zero-order chi connectivity index (χ0) is 76.0. The van der Waals surface area contributed by atoms with Crippen LogP contribution in [0.25, 0.3) is 0 Å². The Balaban J connectivity index is 0.000000361. The Kier molecular flexibility index (Phi) is 29.5. The van der Waals surface area contributed by atoms with E-state index in [1.807, 2.05) is 133 Å². The van der Waals surface area contributed by atoms with E-state index in [1.54, 1.807) is 0 Å². The minimum Gasteiger partial charge on any atom is -0.417 e. The highest BCUT2D eigenvalue weighted by Crippen LogP contribution is 2.54. The van der Waals surface area contributed by atoms with Gasteiger partial charge in [-0.3, -0.25) is 0 Å². The smallest absolute Gasteiger partial charge is 0.193 e. The zero-order valence-corrected chi connectivity index (χ0v) is 76.0. The van der Waals surface area contributed by atoms with Gasteiger partial charge in [0, 0.05) is 60.5 Å². The molecule has 6 rings (SSSR count). The van der Waals surface area contributed by atoms with Crippen LogP contribution in [0.15, 0.2) is 168 Å². The van der Waals surface area contributed by atoms with Crippen molar-refractivity contribution in [3.8, 4) is 0 Å². The molecular formula is C82H138O10P2Si6. The molecular weight excluding hydrogens is 1380 g/mol. The van der Waals surface area contributed by atoms with Crippen molar-refractivity contribution < 1.29 is 45.2 Å². The van der Waals surface area contributed by atoms with Gasteiger partial charge in [0.25, 0.3) is 0 Å². The first-order valence-corrected chi connectivity index (χ1v) is 57.9. The fourth-order valence-corrected chi connectivity index (χ4v) is 23.0. The molecule has 18 heteroatoms. The summed E-state index contributed by atoms with van der Waals surface area (Å²) in [5, 5.41) is 3.43. The van der Waals surface area contributed by atoms with Crippen LogP contribution in [0.1, 0.15) is 150 Å². The summed E-state index contributed by atoms with van der Waals surface area (Å²) in [6, 6.07) is 39.4. The number of hydrogen-bond donors (Lipinski definition) is 0. The lowest BCUT2D eigenvalue weighted by molar-refractivity contribution is -0.0879. The average molecular weight is 1510 g/mol. The lowest BCUT2D eigenvalue weighted by atomic mass is 9.85. The highest BCUT2D eigenvalue weighted by Gasteiger charge is 2.53. The van der Waals surface area contributed by atoms with E-state index in [9.17, 15) is 0 Å². The second-order valence-corrected chi connectivity index (χ2v) is 71.3. The fraction of sp³-hybridized carbons (Fsp3) is 0.610. The van der Waals surface area contributed by atoms with Crippen LogP contribution in [-0.2, 0) is 45.2 Å². The molecule has 2 aliphatic rings. The Bertz CT molecular complexity index is 3140. The molecule has 0 radical (unpaired) electrons. The zero-order valence-electron chi connectivity index (χ0n) is 68.2. The lowest BCUT2D eigenvalue weighted by Crippen LogP contribution is -2.57. The molecule has 0 N–H and O–H groups in total. The summed E-state index contributed by atoms with van der Waals surface area (Å²) < 4.78 is 86.8. The van der Waals surface area contributed by atoms with E-state index in [0.29, 0.717) is 39.3 Å². The molecule has 0 saturated heterocycles. The summed E-state index contributed by atoms with van der Waals surface area (Å²) in [6.07, 6.45) is 0.512. The van der Waals surface area contributed by atoms with Crippen LogP contribution in [0.5, 0.6) is 0 Å². The van der Waals surface area contributed by atoms with Gasteiger partial charge in [-0.05, 0) is 156 Å². The molecule has 560 valence electrons. The molecule has 2 saturated carbocycles. The van der Waals surface area contributed by atoms with E-state index >= 15 is 9.13 Å². The van der Waals surface area contributed by atoms with E-state index in [-0.39, 0.29) is 54.6 Å². The molecule has 4 aromatic carbocycles. The second kappa shape index (κ2) is 33.6. The Morgan fingerprint density at radius 2 is 0.570 bits per heavy atom. The average Bonchev–Trinajstić information content (AvgIpc) is 0.759. The molecule has 100 heavy (non-hydrogen) atoms. The highest BCUT2D eigenvalue weighted by atomic mass is 31.2. The lowest BCUT2D eigenvalue weighted by Gasteiger charge is -2.49. The van der Waals surface area contributed by atoms with Gasteiger partial charge in [-0.1, -0.05) is 259 Å². The SMILES string of the molecule is C=C1/C(=C\P(=O)(c2ccccc2)c2ccccc2)C[C@@H](O[Si](C)(C)C(C)(C)C)[C@@H](OCCCO[Si](C)(C)C(C)(C)C)[C@@H]1O[Si](C)(C)C(C)(C)C.C=C1/C(=C\P(=O)(c2ccccc2)c2ccccc2)C[C@H](O[Si](C)(C)C(C)(C)C)[C@H](OCCCO[Si](C)(C)C(C)(C)C)[C@H]1O[Si](C)(C)C(C)(C)C. The molecule has 4 aromatic rings. The summed E-state index contributed by atoms with van der Waals surface area (Å²) in [5.41, 5.74) is 3.57. The van der Waals surface area contributed by atoms with Crippen LogP contribution < -0.4 is 21.2 Å². The topological polar surface area (TPSA) is 108 Å². The van der Waals surface area contributed by atoms with E-state index in [1.165, 1.54) is 0 Å². The number of hydrogen-bond acceptors (Lipinski definition) is 10. The largest absolute Gasteiger partial charge is 0.417 e. The van der Waals surface area contributed by atoms with Crippen molar-refractivity contribution in [3.63, 3.8) is 0 Å². The van der Waals surface area contributed by atoms with E-state index < -0.39 is 76.4 Å². The van der Waals surface area contributed by atoms with Crippen molar-refractivity contribution in [1.29, 1.82) is 0 Å². The Hall–Kier alpha value is -2.72. The maximum Gasteiger partial charge on any atom is 0.193 e. The molecule has 2 aliphatic carbocycles. The summed E-state index contributed by atoms with van der Waals surface area (Å²) in [4.78, 5) is 0. The van der Waals surface area contributed by atoms with Crippen molar-refractivity contribution in [2.24, 2.45) is 0 Å². The van der Waals surface area contributed by atoms with E-state index in [4.69, 9.17) is 49.2 Å². The Morgan fingerprint density at radius 1 is 0.350 bits per heavy atom. The molecule has 10 nitrogen and oxygen atoms in total. The number of rotatable bonds is 26. The van der Waals surface area contributed by atoms with Gasteiger partial charge >= 0.3 is 0 Å². The van der Waals surface area contributed by atoms with Crippen LogP contribution in [-0.4, -0.2) is 113 Å². The third-order valence-corrected chi connectivity index (χ3v) is 56.2. The summed E-state index contributed by atoms with van der Waals surface area (Å²) in [7, 11) is -19.3. The molecule has 6 atom stereocenters. The van der Waals surface area contributed by atoms with Crippen LogP contribution in [0.4, 0.5) is 0 Å². The van der Waals surface area contributed by atoms with Gasteiger partial charge in [-0.2, -0.15) is 0 Å². The molecule has 0 spiro atoms. The quantitative estimate of drug-likeness (QED) is 0.0343. The van der Waals surface area contributed by atoms with Gasteiger partial charge in [0.05, 0.1) is 24.4 Å². The molecule has 0 aliphatic heterocycles. The third kappa shape index (κ3) is 22.2. The maximum atomic E-state index is 15.4. The summed E-state index contributed by atoms with van der Waals surface area (Å²) >= 11 is 0. The predicted molar refractivity (Wildman–Crippen MR) is 446 cm³/mol. The van der Waals surface area contributed by atoms with Gasteiger partial charge in [-0.15, -0.1) is 0 Å². The van der Waals surface area contributed by atoms with Gasteiger partial charge in [0.1, 0.15) is 12.2 Å². The van der Waals surface area contributed by atoms with Gasteiger partial charge in [-0.25, -0.2) is 0 Å². The van der Waals surface area contributed by atoms with E-state index in [0.717, 1.165) is 56.4 Å². The van der Waals surface area contributed by atoms with E-state index in [2.05, 4.69) is 203 Å². The van der Waals surface area contributed by atoms with Crippen molar-refractivity contribution >= 4 is 85.4 Å². The molecule has 2 fully saturated rings. The van der Waals surface area contributed by atoms with Crippen LogP contribution in [0, 0.1) is 0 Å². The van der Waals surface area contributed by atoms with Crippen molar-refractivity contribution in [3.05, 3.63) is 168 Å². The standard InChI is InChI=1S/2C41H69O5PSi3/c2*1-32-33(31-47(42,34-24-19-17-20-25-34)35-26-21-18-22-27-35)30-36(45-49(13,14)40(5,6)7)38(37(32)46-50(15,16)41(8,9)10)43-28-23-29-44-48(11,12)39(2,3)4/h2*17-22,24-27,31,36-38H,1,23,28-30H2,2-16H3/b2*33-31-/t2*36-,37-,38-/m10/s1. The van der Waals surface area contributed by atoms with Crippen LogP contribution in [0.3, 0.4) is 0 Å².